The molecule has 0 radical (unpaired) electrons. The maximum absolute atomic E-state index is 11.7. The highest BCUT2D eigenvalue weighted by Gasteiger charge is 2.47. The van der Waals surface area contributed by atoms with Gasteiger partial charge < -0.3 is 28.4 Å². The summed E-state index contributed by atoms with van der Waals surface area (Å²) in [7, 11) is 2.86. The van der Waals surface area contributed by atoms with Crippen LogP contribution in [0.4, 0.5) is 0 Å². The zero-order valence-corrected chi connectivity index (χ0v) is 11.4. The zero-order valence-electron chi connectivity index (χ0n) is 11.4. The van der Waals surface area contributed by atoms with Gasteiger partial charge in [0.15, 0.2) is 24.4 Å². The Bertz CT molecular complexity index is 388. The van der Waals surface area contributed by atoms with Gasteiger partial charge in [0, 0.05) is 7.11 Å². The molecular weight excluding hydrogens is 256 g/mol. The van der Waals surface area contributed by atoms with E-state index in [2.05, 4.69) is 0 Å². The molecule has 7 heteroatoms. The molecule has 2 aliphatic rings. The van der Waals surface area contributed by atoms with Crippen molar-refractivity contribution in [1.29, 1.82) is 0 Å². The van der Waals surface area contributed by atoms with Crippen molar-refractivity contribution in [3.05, 3.63) is 11.5 Å². The first kappa shape index (κ1) is 14.1. The summed E-state index contributed by atoms with van der Waals surface area (Å²) in [6, 6.07) is 0. The van der Waals surface area contributed by atoms with Crippen LogP contribution in [0.25, 0.3) is 0 Å². The van der Waals surface area contributed by atoms with Crippen LogP contribution in [0.5, 0.6) is 0 Å². The van der Waals surface area contributed by atoms with Crippen molar-refractivity contribution in [2.75, 3.05) is 27.6 Å². The molecule has 0 spiro atoms. The number of hydrogen-bond acceptors (Lipinski definition) is 7. The van der Waals surface area contributed by atoms with E-state index in [-0.39, 0.29) is 18.3 Å². The average Bonchev–Trinajstić information content (AvgIpc) is 2.86. The van der Waals surface area contributed by atoms with Gasteiger partial charge in [0.05, 0.1) is 13.7 Å². The van der Waals surface area contributed by atoms with E-state index in [4.69, 9.17) is 28.4 Å². The number of cyclic esters (lactones) is 1. The number of carbonyl (C=O) groups excluding carboxylic acids is 1. The molecule has 2 rings (SSSR count). The van der Waals surface area contributed by atoms with Crippen LogP contribution in [-0.4, -0.2) is 51.6 Å². The lowest BCUT2D eigenvalue weighted by molar-refractivity contribution is -0.164. The van der Waals surface area contributed by atoms with Gasteiger partial charge in [-0.3, -0.25) is 0 Å². The summed E-state index contributed by atoms with van der Waals surface area (Å²) >= 11 is 0. The summed E-state index contributed by atoms with van der Waals surface area (Å²) in [5, 5.41) is 0. The third-order valence-corrected chi connectivity index (χ3v) is 2.81. The second-order valence-corrected chi connectivity index (χ2v) is 4.64. The van der Waals surface area contributed by atoms with Crippen LogP contribution in [0, 0.1) is 0 Å². The van der Waals surface area contributed by atoms with Gasteiger partial charge in [-0.05, 0) is 13.8 Å². The van der Waals surface area contributed by atoms with E-state index in [1.54, 1.807) is 13.8 Å². The predicted molar refractivity (Wildman–Crippen MR) is 61.8 cm³/mol. The van der Waals surface area contributed by atoms with Crippen molar-refractivity contribution < 1.29 is 33.2 Å². The molecular formula is C12H18O7. The molecule has 108 valence electrons. The van der Waals surface area contributed by atoms with Crippen LogP contribution < -0.4 is 0 Å². The van der Waals surface area contributed by atoms with Crippen LogP contribution in [-0.2, 0) is 33.2 Å². The molecule has 2 atom stereocenters. The quantitative estimate of drug-likeness (QED) is 0.535. The first-order valence-corrected chi connectivity index (χ1v) is 5.91. The zero-order chi connectivity index (χ0) is 14.0. The third kappa shape index (κ3) is 2.83. The van der Waals surface area contributed by atoms with Crippen molar-refractivity contribution in [2.24, 2.45) is 0 Å². The van der Waals surface area contributed by atoms with Gasteiger partial charge in [-0.1, -0.05) is 0 Å². The Kier molecular flexibility index (Phi) is 3.98. The van der Waals surface area contributed by atoms with Gasteiger partial charge in [-0.25, -0.2) is 4.79 Å². The first-order chi connectivity index (χ1) is 8.98. The largest absolute Gasteiger partial charge is 0.487 e. The van der Waals surface area contributed by atoms with E-state index in [0.29, 0.717) is 6.61 Å². The highest BCUT2D eigenvalue weighted by Crippen LogP contribution is 2.33. The fraction of sp³-hybridized carbons (Fsp3) is 0.750. The van der Waals surface area contributed by atoms with E-state index in [1.807, 2.05) is 0 Å². The van der Waals surface area contributed by atoms with E-state index >= 15 is 0 Å². The number of ether oxygens (including phenoxy) is 6. The summed E-state index contributed by atoms with van der Waals surface area (Å²) < 4.78 is 31.6. The van der Waals surface area contributed by atoms with Crippen molar-refractivity contribution in [3.63, 3.8) is 0 Å². The van der Waals surface area contributed by atoms with E-state index in [1.165, 1.54) is 14.2 Å². The average molecular weight is 274 g/mol. The molecule has 0 aromatic carbocycles. The van der Waals surface area contributed by atoms with Gasteiger partial charge in [-0.2, -0.15) is 0 Å². The first-order valence-electron chi connectivity index (χ1n) is 5.91. The SMILES string of the molecule is COCOC1=C(OC)C(=O)O[C@@H]1[C@@H]1COC(C)(C)O1. The Morgan fingerprint density at radius 3 is 2.63 bits per heavy atom. The molecule has 0 aromatic rings. The van der Waals surface area contributed by atoms with Crippen LogP contribution in [0.2, 0.25) is 0 Å². The Morgan fingerprint density at radius 2 is 2.11 bits per heavy atom. The molecule has 0 unspecified atom stereocenters. The highest BCUT2D eigenvalue weighted by atomic mass is 16.8. The Hall–Kier alpha value is -1.31. The van der Waals surface area contributed by atoms with Crippen molar-refractivity contribution in [1.82, 2.24) is 0 Å². The van der Waals surface area contributed by atoms with Crippen LogP contribution in [0.15, 0.2) is 11.5 Å². The molecule has 2 heterocycles. The summed E-state index contributed by atoms with van der Waals surface area (Å²) in [4.78, 5) is 11.7. The van der Waals surface area contributed by atoms with Crippen molar-refractivity contribution >= 4 is 5.97 Å². The molecule has 0 N–H and O–H groups in total. The number of rotatable bonds is 5. The lowest BCUT2D eigenvalue weighted by atomic mass is 10.2. The monoisotopic (exact) mass is 274 g/mol. The van der Waals surface area contributed by atoms with Gasteiger partial charge in [0.2, 0.25) is 5.76 Å². The standard InChI is InChI=1S/C12H18O7/c1-12(2)17-5-7(19-12)8-9(16-6-14-3)10(15-4)11(13)18-8/h7-8H,5-6H2,1-4H3/t7-,8+/m0/s1. The topological polar surface area (TPSA) is 72.5 Å². The maximum atomic E-state index is 11.7. The number of esters is 1. The second-order valence-electron chi connectivity index (χ2n) is 4.64. The summed E-state index contributed by atoms with van der Waals surface area (Å²) in [5.74, 6) is -0.970. The van der Waals surface area contributed by atoms with Gasteiger partial charge in [-0.15, -0.1) is 0 Å². The highest BCUT2D eigenvalue weighted by molar-refractivity contribution is 5.89. The summed E-state index contributed by atoms with van der Waals surface area (Å²) in [6.07, 6.45) is -1.11. The van der Waals surface area contributed by atoms with Crippen molar-refractivity contribution in [3.8, 4) is 0 Å². The third-order valence-electron chi connectivity index (χ3n) is 2.81. The minimum Gasteiger partial charge on any atom is -0.487 e. The molecule has 0 aromatic heterocycles. The summed E-state index contributed by atoms with van der Waals surface area (Å²) in [5.41, 5.74) is 0. The molecule has 0 amide bonds. The number of methoxy groups -OCH3 is 2. The Morgan fingerprint density at radius 1 is 1.37 bits per heavy atom. The molecule has 0 aliphatic carbocycles. The van der Waals surface area contributed by atoms with Gasteiger partial charge in [0.25, 0.3) is 0 Å². The lowest BCUT2D eigenvalue weighted by Gasteiger charge is -2.21. The fourth-order valence-corrected chi connectivity index (χ4v) is 2.02. The molecule has 1 fully saturated rings. The minimum atomic E-state index is -0.709. The molecule has 19 heavy (non-hydrogen) atoms. The minimum absolute atomic E-state index is 0.00764. The maximum Gasteiger partial charge on any atom is 0.378 e. The van der Waals surface area contributed by atoms with E-state index in [9.17, 15) is 4.79 Å². The molecule has 1 saturated heterocycles. The lowest BCUT2D eigenvalue weighted by Crippen LogP contribution is -2.33. The smallest absolute Gasteiger partial charge is 0.378 e. The van der Waals surface area contributed by atoms with Crippen LogP contribution in [0.1, 0.15) is 13.8 Å². The van der Waals surface area contributed by atoms with Crippen molar-refractivity contribution in [2.45, 2.75) is 31.8 Å². The Balaban J connectivity index is 2.16. The predicted octanol–water partition coefficient (Wildman–Crippen LogP) is 0.542. The van der Waals surface area contributed by atoms with Gasteiger partial charge >= 0.3 is 5.97 Å². The normalized spacial score (nSPS) is 29.6. The number of carbonyl (C=O) groups is 1. The molecule has 0 saturated carbocycles. The Labute approximate surface area is 111 Å². The van der Waals surface area contributed by atoms with E-state index in [0.717, 1.165) is 0 Å². The van der Waals surface area contributed by atoms with Crippen LogP contribution in [0.3, 0.4) is 0 Å². The molecule has 0 bridgehead atoms. The van der Waals surface area contributed by atoms with Gasteiger partial charge in [0.1, 0.15) is 6.10 Å². The second kappa shape index (κ2) is 5.36. The number of hydrogen-bond donors (Lipinski definition) is 0. The fourth-order valence-electron chi connectivity index (χ4n) is 2.02. The van der Waals surface area contributed by atoms with Crippen LogP contribution >= 0.6 is 0 Å². The molecule has 2 aliphatic heterocycles. The van der Waals surface area contributed by atoms with E-state index < -0.39 is 24.0 Å². The summed E-state index contributed by atoms with van der Waals surface area (Å²) in [6.45, 7) is 3.88. The molecule has 7 nitrogen and oxygen atoms in total.